The van der Waals surface area contributed by atoms with Gasteiger partial charge in [0.25, 0.3) is 0 Å². The number of aromatic amines is 1. The lowest BCUT2D eigenvalue weighted by Gasteiger charge is -2.25. The standard InChI is InChI=1S/C16H24N6O5S/c17-10(7-28)14(24)19-6-13(23)22-3-1-2-12(22)15(25)21-11(16(26)27)4-9-5-18-8-20-9/h5,8,10-12,28H,1-4,6-7,17H2,(H,18,20)(H,19,24)(H,21,25)(H,26,27). The van der Waals surface area contributed by atoms with Crippen LogP contribution in [-0.4, -0.2) is 80.6 Å². The highest BCUT2D eigenvalue weighted by Crippen LogP contribution is 2.18. The lowest BCUT2D eigenvalue weighted by molar-refractivity contribution is -0.144. The van der Waals surface area contributed by atoms with E-state index < -0.39 is 41.8 Å². The normalized spacial score (nSPS) is 18.4. The molecule has 3 amide bonds. The highest BCUT2D eigenvalue weighted by molar-refractivity contribution is 7.80. The Bertz CT molecular complexity index is 712. The predicted octanol–water partition coefficient (Wildman–Crippen LogP) is -2.11. The number of thiol groups is 1. The molecule has 0 bridgehead atoms. The second-order valence-electron chi connectivity index (χ2n) is 6.43. The van der Waals surface area contributed by atoms with Crippen LogP contribution >= 0.6 is 12.6 Å². The van der Waals surface area contributed by atoms with Gasteiger partial charge in [0.1, 0.15) is 12.1 Å². The SMILES string of the molecule is NC(CS)C(=O)NCC(=O)N1CCCC1C(=O)NC(Cc1cnc[nH]1)C(=O)O. The van der Waals surface area contributed by atoms with Crippen LogP contribution in [0.4, 0.5) is 0 Å². The maximum absolute atomic E-state index is 12.6. The van der Waals surface area contributed by atoms with Crippen molar-refractivity contribution in [3.63, 3.8) is 0 Å². The van der Waals surface area contributed by atoms with E-state index in [1.165, 1.54) is 17.4 Å². The molecule has 0 radical (unpaired) electrons. The largest absolute Gasteiger partial charge is 0.480 e. The number of aromatic nitrogens is 2. The molecule has 11 nitrogen and oxygen atoms in total. The molecule has 1 aromatic heterocycles. The first-order valence-electron chi connectivity index (χ1n) is 8.77. The summed E-state index contributed by atoms with van der Waals surface area (Å²) in [5.41, 5.74) is 6.10. The summed E-state index contributed by atoms with van der Waals surface area (Å²) < 4.78 is 0. The fraction of sp³-hybridized carbons (Fsp3) is 0.562. The van der Waals surface area contributed by atoms with Gasteiger partial charge in [0.15, 0.2) is 0 Å². The van der Waals surface area contributed by atoms with E-state index >= 15 is 0 Å². The fourth-order valence-corrected chi connectivity index (χ4v) is 3.07. The molecule has 2 heterocycles. The van der Waals surface area contributed by atoms with Gasteiger partial charge in [-0.25, -0.2) is 9.78 Å². The monoisotopic (exact) mass is 412 g/mol. The average molecular weight is 412 g/mol. The minimum atomic E-state index is -1.19. The van der Waals surface area contributed by atoms with E-state index in [4.69, 9.17) is 5.73 Å². The minimum absolute atomic E-state index is 0.0411. The maximum Gasteiger partial charge on any atom is 0.326 e. The van der Waals surface area contributed by atoms with E-state index in [1.54, 1.807) is 0 Å². The number of carboxylic acid groups (broad SMARTS) is 1. The molecule has 0 saturated carbocycles. The zero-order chi connectivity index (χ0) is 20.7. The summed E-state index contributed by atoms with van der Waals surface area (Å²) in [6.45, 7) is 0.0598. The van der Waals surface area contributed by atoms with Crippen LogP contribution < -0.4 is 16.4 Å². The Balaban J connectivity index is 1.94. The summed E-state index contributed by atoms with van der Waals surface area (Å²) in [7, 11) is 0. The van der Waals surface area contributed by atoms with E-state index in [2.05, 4.69) is 33.2 Å². The molecule has 1 aliphatic rings. The van der Waals surface area contributed by atoms with Crippen molar-refractivity contribution in [1.82, 2.24) is 25.5 Å². The van der Waals surface area contributed by atoms with E-state index in [9.17, 15) is 24.3 Å². The Morgan fingerprint density at radius 3 is 2.79 bits per heavy atom. The van der Waals surface area contributed by atoms with Gasteiger partial charge < -0.3 is 31.4 Å². The molecule has 3 atom stereocenters. The molecule has 0 spiro atoms. The summed E-state index contributed by atoms with van der Waals surface area (Å²) in [6, 6.07) is -2.77. The number of hydrogen-bond acceptors (Lipinski definition) is 7. The molecule has 1 fully saturated rings. The van der Waals surface area contributed by atoms with Crippen molar-refractivity contribution >= 4 is 36.3 Å². The third kappa shape index (κ3) is 5.70. The zero-order valence-electron chi connectivity index (χ0n) is 15.1. The van der Waals surface area contributed by atoms with Crippen molar-refractivity contribution in [2.45, 2.75) is 37.4 Å². The molecule has 28 heavy (non-hydrogen) atoms. The van der Waals surface area contributed by atoms with Gasteiger partial charge in [0.2, 0.25) is 17.7 Å². The molecule has 1 aliphatic heterocycles. The van der Waals surface area contributed by atoms with E-state index in [0.29, 0.717) is 25.1 Å². The van der Waals surface area contributed by atoms with Crippen LogP contribution in [0, 0.1) is 0 Å². The number of nitrogens with two attached hydrogens (primary N) is 1. The first kappa shape index (κ1) is 21.7. The predicted molar refractivity (Wildman–Crippen MR) is 101 cm³/mol. The van der Waals surface area contributed by atoms with E-state index in [0.717, 1.165) is 0 Å². The van der Waals surface area contributed by atoms with Crippen molar-refractivity contribution in [3.05, 3.63) is 18.2 Å². The van der Waals surface area contributed by atoms with Crippen LogP contribution in [0.2, 0.25) is 0 Å². The van der Waals surface area contributed by atoms with Crippen molar-refractivity contribution in [2.24, 2.45) is 5.73 Å². The van der Waals surface area contributed by atoms with Gasteiger partial charge in [0, 0.05) is 30.6 Å². The first-order chi connectivity index (χ1) is 13.3. The van der Waals surface area contributed by atoms with E-state index in [1.807, 2.05) is 0 Å². The van der Waals surface area contributed by atoms with Crippen molar-refractivity contribution in [2.75, 3.05) is 18.8 Å². The molecular weight excluding hydrogens is 388 g/mol. The number of likely N-dealkylation sites (tertiary alicyclic amines) is 1. The number of nitrogens with one attached hydrogen (secondary N) is 3. The smallest absolute Gasteiger partial charge is 0.326 e. The minimum Gasteiger partial charge on any atom is -0.480 e. The summed E-state index contributed by atoms with van der Waals surface area (Å²) in [6.07, 6.45) is 3.96. The number of carbonyl (C=O) groups is 4. The third-order valence-corrected chi connectivity index (χ3v) is 4.81. The van der Waals surface area contributed by atoms with Gasteiger partial charge in [-0.15, -0.1) is 0 Å². The molecule has 0 aromatic carbocycles. The number of aliphatic carboxylic acids is 1. The van der Waals surface area contributed by atoms with Crippen LogP contribution in [0.5, 0.6) is 0 Å². The molecule has 154 valence electrons. The Hall–Kier alpha value is -2.60. The second kappa shape index (κ2) is 10.1. The summed E-state index contributed by atoms with van der Waals surface area (Å²) in [5.74, 6) is -2.53. The molecular formula is C16H24N6O5S. The Kier molecular flexibility index (Phi) is 7.81. The quantitative estimate of drug-likeness (QED) is 0.252. The second-order valence-corrected chi connectivity index (χ2v) is 6.80. The lowest BCUT2D eigenvalue weighted by atomic mass is 10.1. The number of hydrogen-bond donors (Lipinski definition) is 6. The van der Waals surface area contributed by atoms with Crippen LogP contribution in [-0.2, 0) is 25.6 Å². The fourth-order valence-electron chi connectivity index (χ4n) is 2.90. The number of rotatable bonds is 9. The molecule has 6 N–H and O–H groups in total. The van der Waals surface area contributed by atoms with Crippen LogP contribution in [0.15, 0.2) is 12.5 Å². The molecule has 2 rings (SSSR count). The van der Waals surface area contributed by atoms with E-state index in [-0.39, 0.29) is 18.7 Å². The highest BCUT2D eigenvalue weighted by Gasteiger charge is 2.36. The zero-order valence-corrected chi connectivity index (χ0v) is 16.0. The van der Waals surface area contributed by atoms with Crippen molar-refractivity contribution < 1.29 is 24.3 Å². The topological polar surface area (TPSA) is 171 Å². The van der Waals surface area contributed by atoms with Crippen molar-refractivity contribution in [1.29, 1.82) is 0 Å². The van der Waals surface area contributed by atoms with Gasteiger partial charge in [-0.1, -0.05) is 0 Å². The Labute approximate surface area is 166 Å². The van der Waals surface area contributed by atoms with Crippen LogP contribution in [0.3, 0.4) is 0 Å². The summed E-state index contributed by atoms with van der Waals surface area (Å²) >= 11 is 3.92. The number of H-pyrrole nitrogens is 1. The molecule has 1 aromatic rings. The molecule has 12 heteroatoms. The third-order valence-electron chi connectivity index (χ3n) is 4.42. The number of nitrogens with zero attached hydrogens (tertiary/aromatic N) is 2. The number of carboxylic acids is 1. The number of carbonyl (C=O) groups excluding carboxylic acids is 3. The molecule has 3 unspecified atom stereocenters. The van der Waals surface area contributed by atoms with Gasteiger partial charge in [-0.3, -0.25) is 14.4 Å². The van der Waals surface area contributed by atoms with Gasteiger partial charge in [-0.2, -0.15) is 12.6 Å². The highest BCUT2D eigenvalue weighted by atomic mass is 32.1. The first-order valence-corrected chi connectivity index (χ1v) is 9.40. The summed E-state index contributed by atoms with van der Waals surface area (Å²) in [5, 5.41) is 14.3. The number of amides is 3. The Morgan fingerprint density at radius 2 is 2.18 bits per heavy atom. The summed E-state index contributed by atoms with van der Waals surface area (Å²) in [4.78, 5) is 56.1. The van der Waals surface area contributed by atoms with Gasteiger partial charge in [-0.05, 0) is 12.8 Å². The lowest BCUT2D eigenvalue weighted by Crippen LogP contribution is -2.53. The van der Waals surface area contributed by atoms with Gasteiger partial charge in [0.05, 0.1) is 18.9 Å². The molecule has 0 aliphatic carbocycles. The number of imidazole rings is 1. The Morgan fingerprint density at radius 1 is 1.43 bits per heavy atom. The van der Waals surface area contributed by atoms with Crippen LogP contribution in [0.25, 0.3) is 0 Å². The maximum atomic E-state index is 12.6. The van der Waals surface area contributed by atoms with Crippen molar-refractivity contribution in [3.8, 4) is 0 Å². The van der Waals surface area contributed by atoms with Gasteiger partial charge >= 0.3 is 5.97 Å². The average Bonchev–Trinajstić information content (AvgIpc) is 3.36. The molecule has 1 saturated heterocycles. The van der Waals surface area contributed by atoms with Crippen LogP contribution in [0.1, 0.15) is 18.5 Å².